The zero-order valence-corrected chi connectivity index (χ0v) is 16.2. The van der Waals surface area contributed by atoms with Crippen LogP contribution in [0.3, 0.4) is 0 Å². The molecule has 1 saturated heterocycles. The fourth-order valence-corrected chi connectivity index (χ4v) is 4.07. The van der Waals surface area contributed by atoms with Crippen LogP contribution in [0.2, 0.25) is 0 Å². The summed E-state index contributed by atoms with van der Waals surface area (Å²) in [5.74, 6) is 1.24. The number of benzene rings is 2. The number of hydrogen-bond donors (Lipinski definition) is 0. The third kappa shape index (κ3) is 4.29. The molecular weight excluding hydrogens is 357 g/mol. The van der Waals surface area contributed by atoms with Gasteiger partial charge in [-0.15, -0.1) is 0 Å². The lowest BCUT2D eigenvalue weighted by Gasteiger charge is -2.32. The van der Waals surface area contributed by atoms with Crippen molar-refractivity contribution in [3.8, 4) is 11.5 Å². The van der Waals surface area contributed by atoms with Crippen LogP contribution in [-0.4, -0.2) is 36.6 Å². The second kappa shape index (κ2) is 8.21. The molecule has 4 rings (SSSR count). The smallest absolute Gasteiger partial charge is 0.227 e. The van der Waals surface area contributed by atoms with Gasteiger partial charge in [0.1, 0.15) is 11.9 Å². The van der Waals surface area contributed by atoms with Gasteiger partial charge in [0.2, 0.25) is 5.91 Å². The number of para-hydroxylation sites is 1. The van der Waals surface area contributed by atoms with Gasteiger partial charge in [0.25, 0.3) is 0 Å². The van der Waals surface area contributed by atoms with Crippen LogP contribution in [0.1, 0.15) is 30.9 Å². The number of carbonyl (C=O) groups excluding carboxylic acids is 1. The number of piperidine rings is 1. The molecule has 1 fully saturated rings. The Bertz CT molecular complexity index is 853. The zero-order chi connectivity index (χ0) is 19.5. The van der Waals surface area contributed by atoms with E-state index in [1.54, 1.807) is 18.2 Å². The van der Waals surface area contributed by atoms with E-state index in [0.29, 0.717) is 19.6 Å². The van der Waals surface area contributed by atoms with E-state index in [1.165, 1.54) is 11.6 Å². The molecule has 2 aliphatic rings. The Morgan fingerprint density at radius 2 is 2.14 bits per heavy atom. The van der Waals surface area contributed by atoms with Crippen LogP contribution in [-0.2, 0) is 17.6 Å². The number of nitrogens with zero attached hydrogens (tertiary/aromatic N) is 1. The lowest BCUT2D eigenvalue weighted by Crippen LogP contribution is -2.42. The van der Waals surface area contributed by atoms with E-state index in [2.05, 4.69) is 13.0 Å². The Balaban J connectivity index is 1.32. The van der Waals surface area contributed by atoms with Crippen molar-refractivity contribution >= 4 is 5.91 Å². The topological polar surface area (TPSA) is 38.8 Å². The summed E-state index contributed by atoms with van der Waals surface area (Å²) in [6.07, 6.45) is 3.45. The predicted octanol–water partition coefficient (Wildman–Crippen LogP) is 4.01. The first-order valence-electron chi connectivity index (χ1n) is 10.0. The zero-order valence-electron chi connectivity index (χ0n) is 16.2. The molecule has 0 bridgehead atoms. The number of rotatable bonds is 5. The first-order valence-corrected chi connectivity index (χ1v) is 10.0. The second-order valence-electron chi connectivity index (χ2n) is 7.84. The van der Waals surface area contributed by atoms with Crippen molar-refractivity contribution in [1.29, 1.82) is 0 Å². The molecule has 0 N–H and O–H groups in total. The first-order chi connectivity index (χ1) is 13.6. The number of likely N-dealkylation sites (tertiary alicyclic amines) is 1. The van der Waals surface area contributed by atoms with Crippen LogP contribution in [0, 0.1) is 11.7 Å². The largest absolute Gasteiger partial charge is 0.490 e. The molecule has 0 saturated carbocycles. The van der Waals surface area contributed by atoms with Gasteiger partial charge in [-0.1, -0.05) is 24.3 Å². The maximum absolute atomic E-state index is 13.7. The van der Waals surface area contributed by atoms with Gasteiger partial charge in [0.15, 0.2) is 11.6 Å². The molecule has 0 aliphatic carbocycles. The summed E-state index contributed by atoms with van der Waals surface area (Å²) in [4.78, 5) is 14.7. The minimum absolute atomic E-state index is 0.141. The molecule has 4 nitrogen and oxygen atoms in total. The van der Waals surface area contributed by atoms with Crippen LogP contribution < -0.4 is 9.47 Å². The van der Waals surface area contributed by atoms with Crippen molar-refractivity contribution in [2.45, 2.75) is 38.7 Å². The van der Waals surface area contributed by atoms with Gasteiger partial charge in [-0.25, -0.2) is 4.39 Å². The van der Waals surface area contributed by atoms with Crippen molar-refractivity contribution < 1.29 is 18.7 Å². The number of fused-ring (bicyclic) bond motifs is 1. The van der Waals surface area contributed by atoms with E-state index in [1.807, 2.05) is 17.0 Å². The molecule has 0 unspecified atom stereocenters. The summed E-state index contributed by atoms with van der Waals surface area (Å²) in [6, 6.07) is 12.5. The molecule has 1 amide bonds. The number of halogens is 1. The van der Waals surface area contributed by atoms with E-state index >= 15 is 0 Å². The third-order valence-corrected chi connectivity index (χ3v) is 5.50. The minimum Gasteiger partial charge on any atom is -0.490 e. The van der Waals surface area contributed by atoms with Gasteiger partial charge in [-0.2, -0.15) is 0 Å². The van der Waals surface area contributed by atoms with Crippen LogP contribution >= 0.6 is 0 Å². The fraction of sp³-hybridized carbons (Fsp3) is 0.435. The SMILES string of the molecule is C[C@H]1Cc2cc(CC(=O)N3CCC[C@H](COc4ccccc4F)C3)ccc2O1. The lowest BCUT2D eigenvalue weighted by molar-refractivity contribution is -0.132. The van der Waals surface area contributed by atoms with Gasteiger partial charge in [-0.3, -0.25) is 4.79 Å². The molecule has 28 heavy (non-hydrogen) atoms. The molecule has 2 atom stereocenters. The van der Waals surface area contributed by atoms with Crippen LogP contribution in [0.15, 0.2) is 42.5 Å². The average molecular weight is 383 g/mol. The van der Waals surface area contributed by atoms with E-state index in [4.69, 9.17) is 9.47 Å². The summed E-state index contributed by atoms with van der Waals surface area (Å²) >= 11 is 0. The molecule has 5 heteroatoms. The Morgan fingerprint density at radius 1 is 1.29 bits per heavy atom. The highest BCUT2D eigenvalue weighted by molar-refractivity contribution is 5.79. The molecule has 2 aromatic carbocycles. The van der Waals surface area contributed by atoms with Crippen molar-refractivity contribution in [2.75, 3.05) is 19.7 Å². The highest BCUT2D eigenvalue weighted by Gasteiger charge is 2.25. The molecule has 148 valence electrons. The van der Waals surface area contributed by atoms with Crippen LogP contribution in [0.4, 0.5) is 4.39 Å². The Morgan fingerprint density at radius 3 is 3.00 bits per heavy atom. The molecule has 0 aromatic heterocycles. The van der Waals surface area contributed by atoms with Crippen molar-refractivity contribution in [1.82, 2.24) is 4.90 Å². The number of hydrogen-bond acceptors (Lipinski definition) is 3. The third-order valence-electron chi connectivity index (χ3n) is 5.50. The Labute approximate surface area is 165 Å². The van der Waals surface area contributed by atoms with E-state index in [-0.39, 0.29) is 29.5 Å². The average Bonchev–Trinajstić information content (AvgIpc) is 3.07. The molecule has 2 aromatic rings. The normalized spacial score (nSPS) is 21.1. The van der Waals surface area contributed by atoms with Crippen molar-refractivity contribution in [3.63, 3.8) is 0 Å². The fourth-order valence-electron chi connectivity index (χ4n) is 4.07. The molecule has 0 radical (unpaired) electrons. The monoisotopic (exact) mass is 383 g/mol. The first kappa shape index (κ1) is 18.8. The summed E-state index contributed by atoms with van der Waals surface area (Å²) < 4.78 is 25.1. The maximum Gasteiger partial charge on any atom is 0.227 e. The van der Waals surface area contributed by atoms with E-state index in [9.17, 15) is 9.18 Å². The summed E-state index contributed by atoms with van der Waals surface area (Å²) in [7, 11) is 0. The molecule has 2 aliphatic heterocycles. The van der Waals surface area contributed by atoms with Gasteiger partial charge in [-0.05, 0) is 49.1 Å². The number of carbonyl (C=O) groups is 1. The van der Waals surface area contributed by atoms with E-state index in [0.717, 1.165) is 37.1 Å². The Hall–Kier alpha value is -2.56. The van der Waals surface area contributed by atoms with Gasteiger partial charge >= 0.3 is 0 Å². The molecular formula is C23H26FNO3. The minimum atomic E-state index is -0.346. The van der Waals surface area contributed by atoms with Crippen molar-refractivity contribution in [2.24, 2.45) is 5.92 Å². The molecule has 0 spiro atoms. The van der Waals surface area contributed by atoms with Gasteiger partial charge < -0.3 is 14.4 Å². The predicted molar refractivity (Wildman–Crippen MR) is 105 cm³/mol. The van der Waals surface area contributed by atoms with Crippen LogP contribution in [0.5, 0.6) is 11.5 Å². The van der Waals surface area contributed by atoms with Gasteiger partial charge in [0.05, 0.1) is 13.0 Å². The molecule has 2 heterocycles. The second-order valence-corrected chi connectivity index (χ2v) is 7.84. The van der Waals surface area contributed by atoms with Crippen molar-refractivity contribution in [3.05, 3.63) is 59.4 Å². The van der Waals surface area contributed by atoms with Crippen LogP contribution in [0.25, 0.3) is 0 Å². The number of ether oxygens (including phenoxy) is 2. The maximum atomic E-state index is 13.7. The Kier molecular flexibility index (Phi) is 5.51. The van der Waals surface area contributed by atoms with Gasteiger partial charge in [0, 0.05) is 25.4 Å². The lowest BCUT2D eigenvalue weighted by atomic mass is 9.98. The summed E-state index contributed by atoms with van der Waals surface area (Å²) in [5.41, 5.74) is 2.22. The standard InChI is InChI=1S/C23H26FNO3/c1-16-11-19-12-17(8-9-21(19)28-16)13-23(26)25-10-4-5-18(14-25)15-27-22-7-3-2-6-20(22)24/h2-3,6-9,12,16,18H,4-5,10-11,13-15H2,1H3/t16-,18-/m0/s1. The highest BCUT2D eigenvalue weighted by Crippen LogP contribution is 2.30. The van der Waals surface area contributed by atoms with E-state index < -0.39 is 0 Å². The summed E-state index contributed by atoms with van der Waals surface area (Å²) in [6.45, 7) is 3.93. The highest BCUT2D eigenvalue weighted by atomic mass is 19.1. The number of amides is 1. The quantitative estimate of drug-likeness (QED) is 0.783. The summed E-state index contributed by atoms with van der Waals surface area (Å²) in [5, 5.41) is 0.